The van der Waals surface area contributed by atoms with Crippen LogP contribution in [0.1, 0.15) is 34.5 Å². The molecule has 1 N–H and O–H groups in total. The summed E-state index contributed by atoms with van der Waals surface area (Å²) >= 11 is 0. The molecule has 0 aliphatic rings. The van der Waals surface area contributed by atoms with Crippen LogP contribution < -0.4 is 19.1 Å². The van der Waals surface area contributed by atoms with Crippen molar-refractivity contribution in [3.05, 3.63) is 120 Å². The van der Waals surface area contributed by atoms with Crippen LogP contribution >= 0.6 is 0 Å². The lowest BCUT2D eigenvalue weighted by molar-refractivity contribution is 0.0940. The van der Waals surface area contributed by atoms with E-state index in [2.05, 4.69) is 5.32 Å². The van der Waals surface area contributed by atoms with Crippen LogP contribution in [0.4, 0.5) is 5.69 Å². The molecule has 196 valence electrons. The molecule has 8 heteroatoms. The number of methoxy groups -OCH3 is 2. The highest BCUT2D eigenvalue weighted by atomic mass is 32.2. The number of carbonyl (C=O) groups is 1. The Labute approximate surface area is 223 Å². The molecule has 0 aliphatic heterocycles. The van der Waals surface area contributed by atoms with E-state index in [1.807, 2.05) is 43.3 Å². The lowest BCUT2D eigenvalue weighted by Crippen LogP contribution is -2.34. The fourth-order valence-corrected chi connectivity index (χ4v) is 5.62. The first-order chi connectivity index (χ1) is 18.3. The molecule has 38 heavy (non-hydrogen) atoms. The van der Waals surface area contributed by atoms with Gasteiger partial charge in [0.2, 0.25) is 0 Å². The van der Waals surface area contributed by atoms with Crippen molar-refractivity contribution in [3.63, 3.8) is 0 Å². The molecule has 0 bridgehead atoms. The van der Waals surface area contributed by atoms with Gasteiger partial charge in [0, 0.05) is 0 Å². The average Bonchev–Trinajstić information content (AvgIpc) is 2.96. The van der Waals surface area contributed by atoms with E-state index >= 15 is 0 Å². The van der Waals surface area contributed by atoms with Crippen molar-refractivity contribution in [1.82, 2.24) is 5.32 Å². The zero-order valence-corrected chi connectivity index (χ0v) is 22.3. The van der Waals surface area contributed by atoms with Crippen molar-refractivity contribution in [2.24, 2.45) is 0 Å². The number of nitrogens with zero attached hydrogens (tertiary/aromatic N) is 1. The Morgan fingerprint density at radius 2 is 1.42 bits per heavy atom. The van der Waals surface area contributed by atoms with E-state index in [4.69, 9.17) is 9.47 Å². The van der Waals surface area contributed by atoms with Crippen LogP contribution in [0, 0.1) is 0 Å². The maximum absolute atomic E-state index is 13.9. The Morgan fingerprint density at radius 1 is 0.816 bits per heavy atom. The number of ether oxygens (including phenoxy) is 2. The molecule has 4 aromatic carbocycles. The van der Waals surface area contributed by atoms with Crippen LogP contribution in [-0.2, 0) is 16.6 Å². The van der Waals surface area contributed by atoms with Gasteiger partial charge in [-0.25, -0.2) is 8.42 Å². The van der Waals surface area contributed by atoms with Crippen LogP contribution in [0.15, 0.2) is 108 Å². The molecule has 4 rings (SSSR count). The van der Waals surface area contributed by atoms with Gasteiger partial charge in [0.15, 0.2) is 11.5 Å². The average molecular weight is 531 g/mol. The van der Waals surface area contributed by atoms with Crippen molar-refractivity contribution >= 4 is 21.6 Å². The quantitative estimate of drug-likeness (QED) is 0.289. The maximum atomic E-state index is 13.9. The molecule has 1 atom stereocenters. The lowest BCUT2D eigenvalue weighted by atomic mass is 10.1. The summed E-state index contributed by atoms with van der Waals surface area (Å²) in [6, 6.07) is 29.3. The van der Waals surface area contributed by atoms with Crippen LogP contribution in [0.3, 0.4) is 0 Å². The van der Waals surface area contributed by atoms with Gasteiger partial charge in [0.25, 0.3) is 15.9 Å². The number of amides is 1. The number of carbonyl (C=O) groups excluding carboxylic acids is 1. The van der Waals surface area contributed by atoms with Crippen molar-refractivity contribution in [3.8, 4) is 11.5 Å². The number of hydrogen-bond acceptors (Lipinski definition) is 5. The highest BCUT2D eigenvalue weighted by Gasteiger charge is 2.29. The monoisotopic (exact) mass is 530 g/mol. The molecule has 4 aromatic rings. The molecular weight excluding hydrogens is 500 g/mol. The summed E-state index contributed by atoms with van der Waals surface area (Å²) in [7, 11) is -0.872. The first-order valence-corrected chi connectivity index (χ1v) is 13.5. The van der Waals surface area contributed by atoms with E-state index < -0.39 is 15.9 Å². The fraction of sp³-hybridized carbons (Fsp3) is 0.167. The molecule has 0 aromatic heterocycles. The predicted molar refractivity (Wildman–Crippen MR) is 148 cm³/mol. The molecule has 0 heterocycles. The second-order valence-corrected chi connectivity index (χ2v) is 10.5. The predicted octanol–water partition coefficient (Wildman–Crippen LogP) is 5.59. The summed E-state index contributed by atoms with van der Waals surface area (Å²) in [5.74, 6) is 0.737. The highest BCUT2D eigenvalue weighted by Crippen LogP contribution is 2.32. The van der Waals surface area contributed by atoms with E-state index in [9.17, 15) is 13.2 Å². The zero-order chi connectivity index (χ0) is 27.1. The van der Waals surface area contributed by atoms with Gasteiger partial charge >= 0.3 is 0 Å². The zero-order valence-electron chi connectivity index (χ0n) is 21.5. The minimum Gasteiger partial charge on any atom is -0.493 e. The van der Waals surface area contributed by atoms with Crippen molar-refractivity contribution in [1.29, 1.82) is 0 Å². The van der Waals surface area contributed by atoms with Crippen LogP contribution in [0.2, 0.25) is 0 Å². The van der Waals surface area contributed by atoms with Gasteiger partial charge in [0.1, 0.15) is 0 Å². The third-order valence-corrected chi connectivity index (χ3v) is 7.95. The smallest absolute Gasteiger partial charge is 0.264 e. The summed E-state index contributed by atoms with van der Waals surface area (Å²) in [5.41, 5.74) is 2.14. The van der Waals surface area contributed by atoms with Gasteiger partial charge in [-0.15, -0.1) is 0 Å². The molecule has 1 unspecified atom stereocenters. The van der Waals surface area contributed by atoms with E-state index in [1.165, 1.54) is 4.31 Å². The molecule has 0 aliphatic carbocycles. The van der Waals surface area contributed by atoms with E-state index in [1.54, 1.807) is 80.9 Å². The molecular formula is C30H30N2O5S. The molecule has 7 nitrogen and oxygen atoms in total. The standard InChI is InChI=1S/C30H30N2O5S/c1-22(24-18-19-28(36-2)29(20-24)37-3)31-30(33)26-16-10-11-17-27(26)32(21-23-12-6-4-7-13-23)38(34,35)25-14-8-5-9-15-25/h4-20,22H,21H2,1-3H3,(H,31,33). The number of para-hydroxylation sites is 1. The van der Waals surface area contributed by atoms with Crippen molar-refractivity contribution < 1.29 is 22.7 Å². The second kappa shape index (κ2) is 11.8. The Bertz CT molecular complexity index is 1490. The van der Waals surface area contributed by atoms with Crippen molar-refractivity contribution in [2.45, 2.75) is 24.4 Å². The summed E-state index contributed by atoms with van der Waals surface area (Å²) in [5, 5.41) is 2.99. The van der Waals surface area contributed by atoms with Gasteiger partial charge in [-0.1, -0.05) is 66.7 Å². The SMILES string of the molecule is COc1ccc(C(C)NC(=O)c2ccccc2N(Cc2ccccc2)S(=O)(=O)c2ccccc2)cc1OC. The van der Waals surface area contributed by atoms with E-state index in [-0.39, 0.29) is 28.7 Å². The molecule has 0 saturated heterocycles. The first-order valence-electron chi connectivity index (χ1n) is 12.1. The largest absolute Gasteiger partial charge is 0.493 e. The minimum atomic E-state index is -3.98. The minimum absolute atomic E-state index is 0.0631. The highest BCUT2D eigenvalue weighted by molar-refractivity contribution is 7.92. The number of nitrogens with one attached hydrogen (secondary N) is 1. The number of sulfonamides is 1. The van der Waals surface area contributed by atoms with E-state index in [0.717, 1.165) is 11.1 Å². The second-order valence-electron chi connectivity index (χ2n) is 8.64. The Kier molecular flexibility index (Phi) is 8.33. The maximum Gasteiger partial charge on any atom is 0.264 e. The number of anilines is 1. The summed E-state index contributed by atoms with van der Waals surface area (Å²) in [6.45, 7) is 1.91. The number of benzene rings is 4. The topological polar surface area (TPSA) is 84.9 Å². The van der Waals surface area contributed by atoms with Crippen LogP contribution in [0.25, 0.3) is 0 Å². The normalized spacial score (nSPS) is 11.9. The molecule has 1 amide bonds. The molecule has 0 fully saturated rings. The van der Waals surface area contributed by atoms with Gasteiger partial charge < -0.3 is 14.8 Å². The lowest BCUT2D eigenvalue weighted by Gasteiger charge is -2.27. The summed E-state index contributed by atoms with van der Waals surface area (Å²) in [6.07, 6.45) is 0. The first kappa shape index (κ1) is 26.8. The molecule has 0 saturated carbocycles. The van der Waals surface area contributed by atoms with Gasteiger partial charge in [-0.05, 0) is 54.4 Å². The van der Waals surface area contributed by atoms with Crippen molar-refractivity contribution in [2.75, 3.05) is 18.5 Å². The number of rotatable bonds is 10. The molecule has 0 spiro atoms. The van der Waals surface area contributed by atoms with Gasteiger partial charge in [-0.2, -0.15) is 0 Å². The fourth-order valence-electron chi connectivity index (χ4n) is 4.13. The molecule has 0 radical (unpaired) electrons. The third kappa shape index (κ3) is 5.81. The Balaban J connectivity index is 1.71. The van der Waals surface area contributed by atoms with Gasteiger partial charge in [-0.3, -0.25) is 9.10 Å². The summed E-state index contributed by atoms with van der Waals surface area (Å²) in [4.78, 5) is 13.7. The van der Waals surface area contributed by atoms with Crippen LogP contribution in [0.5, 0.6) is 11.5 Å². The Hall–Kier alpha value is -4.30. The number of hydrogen-bond donors (Lipinski definition) is 1. The Morgan fingerprint density at radius 3 is 2.08 bits per heavy atom. The van der Waals surface area contributed by atoms with Crippen LogP contribution in [-0.4, -0.2) is 28.5 Å². The third-order valence-electron chi connectivity index (χ3n) is 6.17. The summed E-state index contributed by atoms with van der Waals surface area (Å²) < 4.78 is 39.7. The van der Waals surface area contributed by atoms with E-state index in [0.29, 0.717) is 11.5 Å². The van der Waals surface area contributed by atoms with Gasteiger partial charge in [0.05, 0.1) is 43.0 Å².